The van der Waals surface area contributed by atoms with Crippen LogP contribution >= 0.6 is 0 Å². The Bertz CT molecular complexity index is 405. The van der Waals surface area contributed by atoms with Crippen molar-refractivity contribution in [3.8, 4) is 0 Å². The summed E-state index contributed by atoms with van der Waals surface area (Å²) in [5, 5.41) is 0. The van der Waals surface area contributed by atoms with Gasteiger partial charge in [0.15, 0.2) is 11.6 Å². The molecule has 0 aromatic rings. The minimum Gasteiger partial charge on any atom is -0.363 e. The molecule has 2 heterocycles. The van der Waals surface area contributed by atoms with Gasteiger partial charge in [0.2, 0.25) is 0 Å². The minimum absolute atomic E-state index is 0.458. The Kier molecular flexibility index (Phi) is 5.38. The molecule has 0 amide bonds. The number of ether oxygens (including phenoxy) is 5. The van der Waals surface area contributed by atoms with Gasteiger partial charge in [0.25, 0.3) is 0 Å². The Balaban J connectivity index is 2.15. The van der Waals surface area contributed by atoms with Crippen LogP contribution in [0.4, 0.5) is 0 Å². The van der Waals surface area contributed by atoms with Crippen molar-refractivity contribution in [2.24, 2.45) is 0 Å². The summed E-state index contributed by atoms with van der Waals surface area (Å²) < 4.78 is 29.9. The molecule has 0 bridgehead atoms. The van der Waals surface area contributed by atoms with Crippen LogP contribution in [0.1, 0.15) is 40.5 Å². The third kappa shape index (κ3) is 2.79. The van der Waals surface area contributed by atoms with Crippen molar-refractivity contribution < 1.29 is 23.7 Å². The van der Waals surface area contributed by atoms with Crippen LogP contribution in [0.15, 0.2) is 25.3 Å². The van der Waals surface area contributed by atoms with E-state index >= 15 is 0 Å². The van der Waals surface area contributed by atoms with E-state index in [4.69, 9.17) is 23.7 Å². The number of rotatable bonds is 10. The predicted molar refractivity (Wildman–Crippen MR) is 88.1 cm³/mol. The lowest BCUT2D eigenvalue weighted by molar-refractivity contribution is -0.514. The lowest BCUT2D eigenvalue weighted by Crippen LogP contribution is -2.77. The van der Waals surface area contributed by atoms with Crippen molar-refractivity contribution in [3.05, 3.63) is 25.3 Å². The molecule has 2 saturated heterocycles. The van der Waals surface area contributed by atoms with Crippen LogP contribution in [0.3, 0.4) is 0 Å². The molecular formula is C18H30O5. The van der Waals surface area contributed by atoms with Gasteiger partial charge in [-0.2, -0.15) is 0 Å². The van der Waals surface area contributed by atoms with Crippen LogP contribution in [0.5, 0.6) is 0 Å². The SMILES string of the molecule is C=CCOC1(CC)COC1(C)OC1(C)OCC1(CC)OCC=C. The molecule has 0 spiro atoms. The first kappa shape index (κ1) is 18.6. The summed E-state index contributed by atoms with van der Waals surface area (Å²) >= 11 is 0. The van der Waals surface area contributed by atoms with Gasteiger partial charge < -0.3 is 23.7 Å². The maximum atomic E-state index is 6.34. The van der Waals surface area contributed by atoms with E-state index < -0.39 is 22.8 Å². The standard InChI is InChI=1S/C18H30O5/c1-7-11-19-17(9-3)13-21-15(17,5)23-16(6)18(10-4,14-22-16)20-12-8-2/h7-8H,1-2,9-14H2,3-6H3. The normalized spacial score (nSPS) is 42.6. The Labute approximate surface area is 139 Å². The monoisotopic (exact) mass is 326 g/mol. The van der Waals surface area contributed by atoms with Crippen molar-refractivity contribution in [1.82, 2.24) is 0 Å². The molecule has 23 heavy (non-hydrogen) atoms. The molecule has 5 heteroatoms. The lowest BCUT2D eigenvalue weighted by Gasteiger charge is -2.63. The Hall–Kier alpha value is -0.720. The second kappa shape index (κ2) is 6.65. The van der Waals surface area contributed by atoms with Gasteiger partial charge in [0, 0.05) is 0 Å². The highest BCUT2D eigenvalue weighted by Crippen LogP contribution is 2.52. The fraction of sp³-hybridized carbons (Fsp3) is 0.778. The fourth-order valence-electron chi connectivity index (χ4n) is 3.32. The molecule has 0 aromatic carbocycles. The molecule has 2 fully saturated rings. The molecule has 2 aliphatic heterocycles. The average molecular weight is 326 g/mol. The predicted octanol–water partition coefficient (Wildman–Crippen LogP) is 3.20. The van der Waals surface area contributed by atoms with Crippen LogP contribution in [0, 0.1) is 0 Å². The Morgan fingerprint density at radius 2 is 1.26 bits per heavy atom. The van der Waals surface area contributed by atoms with E-state index in [1.807, 2.05) is 13.8 Å². The molecule has 0 N–H and O–H groups in total. The molecule has 2 aliphatic rings. The summed E-state index contributed by atoms with van der Waals surface area (Å²) in [7, 11) is 0. The number of hydrogen-bond acceptors (Lipinski definition) is 5. The minimum atomic E-state index is -0.877. The zero-order valence-electron chi connectivity index (χ0n) is 14.9. The highest BCUT2D eigenvalue weighted by molar-refractivity contribution is 5.08. The Morgan fingerprint density at radius 3 is 1.48 bits per heavy atom. The summed E-state index contributed by atoms with van der Waals surface area (Å²) in [6.07, 6.45) is 5.03. The van der Waals surface area contributed by atoms with Gasteiger partial charge in [0.05, 0.1) is 26.4 Å². The first-order valence-corrected chi connectivity index (χ1v) is 8.34. The molecule has 0 radical (unpaired) electrons. The molecule has 5 nitrogen and oxygen atoms in total. The summed E-state index contributed by atoms with van der Waals surface area (Å²) in [5.74, 6) is -1.75. The molecule has 0 aromatic heterocycles. The average Bonchev–Trinajstić information content (AvgIpc) is 2.54. The second-order valence-corrected chi connectivity index (χ2v) is 6.47. The maximum absolute atomic E-state index is 6.34. The molecule has 0 saturated carbocycles. The maximum Gasteiger partial charge on any atom is 0.200 e. The number of hydrogen-bond donors (Lipinski definition) is 0. The summed E-state index contributed by atoms with van der Waals surface area (Å²) in [4.78, 5) is 0. The zero-order valence-corrected chi connectivity index (χ0v) is 14.9. The van der Waals surface area contributed by atoms with Gasteiger partial charge >= 0.3 is 0 Å². The van der Waals surface area contributed by atoms with E-state index in [0.29, 0.717) is 26.4 Å². The molecule has 132 valence electrons. The van der Waals surface area contributed by atoms with E-state index in [-0.39, 0.29) is 0 Å². The summed E-state index contributed by atoms with van der Waals surface area (Å²) in [5.41, 5.74) is -0.998. The quantitative estimate of drug-likeness (QED) is 0.577. The van der Waals surface area contributed by atoms with E-state index in [9.17, 15) is 0 Å². The van der Waals surface area contributed by atoms with Crippen molar-refractivity contribution >= 4 is 0 Å². The topological polar surface area (TPSA) is 46.2 Å². The van der Waals surface area contributed by atoms with Gasteiger partial charge in [-0.1, -0.05) is 26.0 Å². The summed E-state index contributed by atoms with van der Waals surface area (Å²) in [6, 6.07) is 0. The van der Waals surface area contributed by atoms with Gasteiger partial charge in [-0.25, -0.2) is 0 Å². The van der Waals surface area contributed by atoms with Crippen LogP contribution in [0.25, 0.3) is 0 Å². The third-order valence-electron chi connectivity index (χ3n) is 5.30. The highest BCUT2D eigenvalue weighted by Gasteiger charge is 2.68. The van der Waals surface area contributed by atoms with Gasteiger partial charge in [0.1, 0.15) is 11.2 Å². The van der Waals surface area contributed by atoms with Crippen LogP contribution < -0.4 is 0 Å². The zero-order chi connectivity index (χ0) is 17.2. The summed E-state index contributed by atoms with van der Waals surface area (Å²) in [6.45, 7) is 17.3. The van der Waals surface area contributed by atoms with E-state index in [1.54, 1.807) is 12.2 Å². The van der Waals surface area contributed by atoms with Gasteiger partial charge in [-0.3, -0.25) is 0 Å². The van der Waals surface area contributed by atoms with Crippen LogP contribution in [-0.2, 0) is 23.7 Å². The van der Waals surface area contributed by atoms with Crippen molar-refractivity contribution in [1.29, 1.82) is 0 Å². The molecular weight excluding hydrogens is 296 g/mol. The fourth-order valence-corrected chi connectivity index (χ4v) is 3.32. The van der Waals surface area contributed by atoms with E-state index in [0.717, 1.165) is 12.8 Å². The molecule has 0 aliphatic carbocycles. The first-order chi connectivity index (χ1) is 10.9. The molecule has 4 unspecified atom stereocenters. The van der Waals surface area contributed by atoms with E-state index in [2.05, 4.69) is 27.0 Å². The van der Waals surface area contributed by atoms with Gasteiger partial charge in [-0.05, 0) is 26.7 Å². The molecule has 2 rings (SSSR count). The highest BCUT2D eigenvalue weighted by atomic mass is 16.8. The van der Waals surface area contributed by atoms with Gasteiger partial charge in [-0.15, -0.1) is 13.2 Å². The van der Waals surface area contributed by atoms with Crippen LogP contribution in [0.2, 0.25) is 0 Å². The third-order valence-corrected chi connectivity index (χ3v) is 5.30. The second-order valence-electron chi connectivity index (χ2n) is 6.47. The first-order valence-electron chi connectivity index (χ1n) is 8.34. The van der Waals surface area contributed by atoms with Crippen molar-refractivity contribution in [2.45, 2.75) is 63.3 Å². The smallest absolute Gasteiger partial charge is 0.200 e. The van der Waals surface area contributed by atoms with Crippen molar-refractivity contribution in [2.75, 3.05) is 26.4 Å². The lowest BCUT2D eigenvalue weighted by atomic mass is 9.82. The van der Waals surface area contributed by atoms with Crippen LogP contribution in [-0.4, -0.2) is 49.2 Å². The van der Waals surface area contributed by atoms with Crippen molar-refractivity contribution in [3.63, 3.8) is 0 Å². The van der Waals surface area contributed by atoms with E-state index in [1.165, 1.54) is 0 Å². The Morgan fingerprint density at radius 1 is 0.870 bits per heavy atom. The largest absolute Gasteiger partial charge is 0.363 e. The molecule has 4 atom stereocenters.